The van der Waals surface area contributed by atoms with E-state index in [9.17, 15) is 0 Å². The Morgan fingerprint density at radius 1 is 1.33 bits per heavy atom. The zero-order valence-electron chi connectivity index (χ0n) is 11.2. The molecule has 0 radical (unpaired) electrons. The highest BCUT2D eigenvalue weighted by molar-refractivity contribution is 5.39. The molecule has 1 aromatic carbocycles. The zero-order chi connectivity index (χ0) is 12.8. The van der Waals surface area contributed by atoms with Crippen molar-refractivity contribution < 1.29 is 9.47 Å². The molecule has 0 amide bonds. The number of rotatable bonds is 5. The fourth-order valence-electron chi connectivity index (χ4n) is 2.23. The SMILES string of the molecule is COc1ccccc1OCCN1CCNCC1C. The van der Waals surface area contributed by atoms with Gasteiger partial charge < -0.3 is 14.8 Å². The van der Waals surface area contributed by atoms with E-state index in [0.29, 0.717) is 12.6 Å². The van der Waals surface area contributed by atoms with E-state index in [4.69, 9.17) is 9.47 Å². The zero-order valence-corrected chi connectivity index (χ0v) is 11.2. The van der Waals surface area contributed by atoms with Crippen molar-refractivity contribution in [2.75, 3.05) is 39.9 Å². The molecule has 0 aliphatic carbocycles. The molecule has 100 valence electrons. The number of hydrogen-bond acceptors (Lipinski definition) is 4. The average Bonchev–Trinajstić information content (AvgIpc) is 2.41. The molecule has 0 aromatic heterocycles. The molecule has 1 heterocycles. The van der Waals surface area contributed by atoms with E-state index in [2.05, 4.69) is 17.1 Å². The van der Waals surface area contributed by atoms with Crippen LogP contribution in [0.15, 0.2) is 24.3 Å². The van der Waals surface area contributed by atoms with Gasteiger partial charge in [-0.15, -0.1) is 0 Å². The Morgan fingerprint density at radius 2 is 2.11 bits per heavy atom. The van der Waals surface area contributed by atoms with Crippen LogP contribution in [0.2, 0.25) is 0 Å². The van der Waals surface area contributed by atoms with Crippen molar-refractivity contribution in [2.45, 2.75) is 13.0 Å². The smallest absolute Gasteiger partial charge is 0.161 e. The topological polar surface area (TPSA) is 33.7 Å². The molecule has 1 fully saturated rings. The Balaban J connectivity index is 1.80. The Bertz CT molecular complexity index is 371. The lowest BCUT2D eigenvalue weighted by Crippen LogP contribution is -2.50. The lowest BCUT2D eigenvalue weighted by Gasteiger charge is -2.33. The van der Waals surface area contributed by atoms with Gasteiger partial charge in [0.2, 0.25) is 0 Å². The number of hydrogen-bond donors (Lipinski definition) is 1. The van der Waals surface area contributed by atoms with Gasteiger partial charge in [-0.25, -0.2) is 0 Å². The van der Waals surface area contributed by atoms with E-state index in [1.807, 2.05) is 24.3 Å². The first-order chi connectivity index (χ1) is 8.81. The number of nitrogens with zero attached hydrogens (tertiary/aromatic N) is 1. The molecule has 0 saturated carbocycles. The minimum Gasteiger partial charge on any atom is -0.493 e. The van der Waals surface area contributed by atoms with E-state index < -0.39 is 0 Å². The lowest BCUT2D eigenvalue weighted by atomic mass is 10.2. The molecular formula is C14H22N2O2. The van der Waals surface area contributed by atoms with Crippen LogP contribution < -0.4 is 14.8 Å². The summed E-state index contributed by atoms with van der Waals surface area (Å²) in [5.41, 5.74) is 0. The lowest BCUT2D eigenvalue weighted by molar-refractivity contribution is 0.142. The normalized spacial score (nSPS) is 20.7. The predicted octanol–water partition coefficient (Wildman–Crippen LogP) is 1.37. The first-order valence-electron chi connectivity index (χ1n) is 6.52. The minimum absolute atomic E-state index is 0.583. The first-order valence-corrected chi connectivity index (χ1v) is 6.52. The molecule has 1 aliphatic rings. The number of nitrogens with one attached hydrogen (secondary N) is 1. The Labute approximate surface area is 109 Å². The van der Waals surface area contributed by atoms with E-state index >= 15 is 0 Å². The highest BCUT2D eigenvalue weighted by atomic mass is 16.5. The summed E-state index contributed by atoms with van der Waals surface area (Å²) in [4.78, 5) is 2.45. The Kier molecular flexibility index (Phi) is 4.84. The van der Waals surface area contributed by atoms with Gasteiger partial charge in [-0.2, -0.15) is 0 Å². The summed E-state index contributed by atoms with van der Waals surface area (Å²) in [5, 5.41) is 3.39. The second kappa shape index (κ2) is 6.61. The summed E-state index contributed by atoms with van der Waals surface area (Å²) in [6.07, 6.45) is 0. The van der Waals surface area contributed by atoms with Gasteiger partial charge in [-0.1, -0.05) is 12.1 Å². The third-order valence-corrected chi connectivity index (χ3v) is 3.34. The van der Waals surface area contributed by atoms with Crippen LogP contribution in [-0.4, -0.2) is 50.8 Å². The van der Waals surface area contributed by atoms with Gasteiger partial charge in [-0.05, 0) is 19.1 Å². The number of benzene rings is 1. The maximum absolute atomic E-state index is 5.79. The van der Waals surface area contributed by atoms with Crippen LogP contribution in [0.4, 0.5) is 0 Å². The van der Waals surface area contributed by atoms with Crippen LogP contribution in [0, 0.1) is 0 Å². The highest BCUT2D eigenvalue weighted by Crippen LogP contribution is 2.25. The maximum Gasteiger partial charge on any atom is 0.161 e. The van der Waals surface area contributed by atoms with Crippen LogP contribution in [0.5, 0.6) is 11.5 Å². The molecule has 18 heavy (non-hydrogen) atoms. The maximum atomic E-state index is 5.79. The van der Waals surface area contributed by atoms with E-state index in [1.54, 1.807) is 7.11 Å². The second-order valence-electron chi connectivity index (χ2n) is 4.59. The summed E-state index contributed by atoms with van der Waals surface area (Å²) in [6, 6.07) is 8.36. The first kappa shape index (κ1) is 13.2. The summed E-state index contributed by atoms with van der Waals surface area (Å²) < 4.78 is 11.1. The van der Waals surface area contributed by atoms with Crippen molar-refractivity contribution in [3.63, 3.8) is 0 Å². The molecular weight excluding hydrogens is 228 g/mol. The van der Waals surface area contributed by atoms with Crippen molar-refractivity contribution in [1.29, 1.82) is 0 Å². The molecule has 2 rings (SSSR count). The van der Waals surface area contributed by atoms with Gasteiger partial charge in [0.25, 0.3) is 0 Å². The Morgan fingerprint density at radius 3 is 2.83 bits per heavy atom. The van der Waals surface area contributed by atoms with Crippen LogP contribution in [0.25, 0.3) is 0 Å². The van der Waals surface area contributed by atoms with Crippen LogP contribution in [0.3, 0.4) is 0 Å². The van der Waals surface area contributed by atoms with E-state index in [0.717, 1.165) is 37.7 Å². The summed E-state index contributed by atoms with van der Waals surface area (Å²) >= 11 is 0. The predicted molar refractivity (Wildman–Crippen MR) is 72.4 cm³/mol. The summed E-state index contributed by atoms with van der Waals surface area (Å²) in [5.74, 6) is 1.62. The van der Waals surface area contributed by atoms with Gasteiger partial charge in [-0.3, -0.25) is 4.90 Å². The Hall–Kier alpha value is -1.26. The van der Waals surface area contributed by atoms with Crippen molar-refractivity contribution in [3.05, 3.63) is 24.3 Å². The quantitative estimate of drug-likeness (QED) is 0.856. The fourth-order valence-corrected chi connectivity index (χ4v) is 2.23. The van der Waals surface area contributed by atoms with E-state index in [1.165, 1.54) is 0 Å². The van der Waals surface area contributed by atoms with Gasteiger partial charge in [0, 0.05) is 32.2 Å². The summed E-state index contributed by atoms with van der Waals surface area (Å²) in [7, 11) is 1.67. The van der Waals surface area contributed by atoms with Crippen LogP contribution >= 0.6 is 0 Å². The largest absolute Gasteiger partial charge is 0.493 e. The fraction of sp³-hybridized carbons (Fsp3) is 0.571. The standard InChI is InChI=1S/C14H22N2O2/c1-12-11-15-7-8-16(12)9-10-18-14-6-4-3-5-13(14)17-2/h3-6,12,15H,7-11H2,1-2H3. The van der Waals surface area contributed by atoms with Crippen molar-refractivity contribution in [3.8, 4) is 11.5 Å². The molecule has 1 aromatic rings. The molecule has 1 atom stereocenters. The molecule has 1 saturated heterocycles. The van der Waals surface area contributed by atoms with Gasteiger partial charge in [0.05, 0.1) is 7.11 Å². The third kappa shape index (κ3) is 3.37. The minimum atomic E-state index is 0.583. The van der Waals surface area contributed by atoms with E-state index in [-0.39, 0.29) is 0 Å². The second-order valence-corrected chi connectivity index (χ2v) is 4.59. The van der Waals surface area contributed by atoms with Crippen LogP contribution in [-0.2, 0) is 0 Å². The van der Waals surface area contributed by atoms with Gasteiger partial charge in [0.1, 0.15) is 6.61 Å². The molecule has 1 aliphatic heterocycles. The molecule has 1 unspecified atom stereocenters. The van der Waals surface area contributed by atoms with Crippen molar-refractivity contribution in [1.82, 2.24) is 10.2 Å². The number of para-hydroxylation sites is 2. The highest BCUT2D eigenvalue weighted by Gasteiger charge is 2.17. The average molecular weight is 250 g/mol. The molecule has 0 bridgehead atoms. The number of ether oxygens (including phenoxy) is 2. The van der Waals surface area contributed by atoms with Gasteiger partial charge in [0.15, 0.2) is 11.5 Å². The number of methoxy groups -OCH3 is 1. The summed E-state index contributed by atoms with van der Waals surface area (Å²) in [6.45, 7) is 7.13. The molecule has 0 spiro atoms. The van der Waals surface area contributed by atoms with Gasteiger partial charge >= 0.3 is 0 Å². The molecule has 4 nitrogen and oxygen atoms in total. The van der Waals surface area contributed by atoms with Crippen molar-refractivity contribution in [2.24, 2.45) is 0 Å². The molecule has 1 N–H and O–H groups in total. The number of piperazine rings is 1. The third-order valence-electron chi connectivity index (χ3n) is 3.34. The monoisotopic (exact) mass is 250 g/mol. The molecule has 4 heteroatoms. The van der Waals surface area contributed by atoms with Crippen molar-refractivity contribution >= 4 is 0 Å². The van der Waals surface area contributed by atoms with Crippen LogP contribution in [0.1, 0.15) is 6.92 Å².